The van der Waals surface area contributed by atoms with Crippen LogP contribution in [-0.4, -0.2) is 41.8 Å². The molecule has 0 aliphatic carbocycles. The van der Waals surface area contributed by atoms with E-state index in [0.717, 1.165) is 37.7 Å². The van der Waals surface area contributed by atoms with Crippen molar-refractivity contribution in [1.82, 2.24) is 15.3 Å². The van der Waals surface area contributed by atoms with E-state index in [1.54, 1.807) is 0 Å². The van der Waals surface area contributed by atoms with E-state index < -0.39 is 0 Å². The van der Waals surface area contributed by atoms with Gasteiger partial charge in [0.05, 0.1) is 30.3 Å². The fraction of sp³-hybridized carbons (Fsp3) is 0.692. The summed E-state index contributed by atoms with van der Waals surface area (Å²) >= 11 is 0. The number of nitrogens with one attached hydrogen (secondary N) is 1. The van der Waals surface area contributed by atoms with Gasteiger partial charge >= 0.3 is 0 Å². The maximum absolute atomic E-state index is 5.71. The molecule has 2 atom stereocenters. The van der Waals surface area contributed by atoms with Gasteiger partial charge in [-0.1, -0.05) is 6.92 Å². The number of aromatic nitrogens is 2. The Morgan fingerprint density at radius 1 is 1.28 bits per heavy atom. The van der Waals surface area contributed by atoms with Crippen LogP contribution in [-0.2, 0) is 11.3 Å². The highest BCUT2D eigenvalue weighted by atomic mass is 16.5. The van der Waals surface area contributed by atoms with Crippen LogP contribution in [0.2, 0.25) is 0 Å². The highest BCUT2D eigenvalue weighted by molar-refractivity contribution is 5.36. The third-order valence-electron chi connectivity index (χ3n) is 2.99. The SMILES string of the molecule is CCNCc1cnc(N2C[C@@H](C)O[C@@H](C)C2)cn1. The summed E-state index contributed by atoms with van der Waals surface area (Å²) < 4.78 is 5.71. The number of hydrogen-bond donors (Lipinski definition) is 1. The molecule has 0 radical (unpaired) electrons. The Morgan fingerprint density at radius 3 is 2.56 bits per heavy atom. The summed E-state index contributed by atoms with van der Waals surface area (Å²) in [4.78, 5) is 11.2. The van der Waals surface area contributed by atoms with Gasteiger partial charge in [0.2, 0.25) is 0 Å². The highest BCUT2D eigenvalue weighted by Crippen LogP contribution is 2.17. The first-order valence-electron chi connectivity index (χ1n) is 6.61. The molecular formula is C13H22N4O. The van der Waals surface area contributed by atoms with Crippen LogP contribution in [0.15, 0.2) is 12.4 Å². The fourth-order valence-electron chi connectivity index (χ4n) is 2.22. The van der Waals surface area contributed by atoms with E-state index in [0.29, 0.717) is 0 Å². The van der Waals surface area contributed by atoms with Crippen molar-refractivity contribution < 1.29 is 4.74 Å². The van der Waals surface area contributed by atoms with Gasteiger partial charge in [0.15, 0.2) is 0 Å². The van der Waals surface area contributed by atoms with Gasteiger partial charge in [0, 0.05) is 19.6 Å². The second kappa shape index (κ2) is 6.11. The molecule has 0 spiro atoms. The van der Waals surface area contributed by atoms with E-state index in [1.165, 1.54) is 0 Å². The third kappa shape index (κ3) is 3.40. The van der Waals surface area contributed by atoms with Gasteiger partial charge in [-0.2, -0.15) is 0 Å². The Balaban J connectivity index is 2.00. The molecular weight excluding hydrogens is 228 g/mol. The molecule has 1 aromatic heterocycles. The molecule has 1 aliphatic rings. The smallest absolute Gasteiger partial charge is 0.147 e. The van der Waals surface area contributed by atoms with Crippen molar-refractivity contribution in [3.63, 3.8) is 0 Å². The number of anilines is 1. The quantitative estimate of drug-likeness (QED) is 0.870. The molecule has 2 rings (SSSR count). The first kappa shape index (κ1) is 13.2. The molecule has 0 saturated carbocycles. The molecule has 0 amide bonds. The first-order valence-corrected chi connectivity index (χ1v) is 6.61. The molecule has 0 aromatic carbocycles. The van der Waals surface area contributed by atoms with Crippen molar-refractivity contribution >= 4 is 5.82 Å². The van der Waals surface area contributed by atoms with Crippen molar-refractivity contribution in [2.45, 2.75) is 39.5 Å². The van der Waals surface area contributed by atoms with E-state index >= 15 is 0 Å². The zero-order chi connectivity index (χ0) is 13.0. The summed E-state index contributed by atoms with van der Waals surface area (Å²) in [6.45, 7) is 9.75. The molecule has 5 nitrogen and oxygen atoms in total. The fourth-order valence-corrected chi connectivity index (χ4v) is 2.22. The second-order valence-corrected chi connectivity index (χ2v) is 4.81. The molecule has 2 heterocycles. The number of rotatable bonds is 4. The summed E-state index contributed by atoms with van der Waals surface area (Å²) in [6, 6.07) is 0. The number of ether oxygens (including phenoxy) is 1. The molecule has 1 aliphatic heterocycles. The van der Waals surface area contributed by atoms with E-state index in [4.69, 9.17) is 4.74 Å². The minimum atomic E-state index is 0.247. The molecule has 0 bridgehead atoms. The maximum atomic E-state index is 5.71. The van der Waals surface area contributed by atoms with Gasteiger partial charge in [0.25, 0.3) is 0 Å². The summed E-state index contributed by atoms with van der Waals surface area (Å²) in [5.74, 6) is 0.942. The lowest BCUT2D eigenvalue weighted by molar-refractivity contribution is -0.00547. The van der Waals surface area contributed by atoms with Gasteiger partial charge in [-0.15, -0.1) is 0 Å². The van der Waals surface area contributed by atoms with Crippen molar-refractivity contribution in [1.29, 1.82) is 0 Å². The van der Waals surface area contributed by atoms with Crippen LogP contribution in [0.5, 0.6) is 0 Å². The topological polar surface area (TPSA) is 50.3 Å². The van der Waals surface area contributed by atoms with Crippen molar-refractivity contribution in [3.05, 3.63) is 18.1 Å². The second-order valence-electron chi connectivity index (χ2n) is 4.81. The van der Waals surface area contributed by atoms with E-state index in [2.05, 4.69) is 41.0 Å². The average molecular weight is 250 g/mol. The molecule has 18 heavy (non-hydrogen) atoms. The molecule has 100 valence electrons. The summed E-state index contributed by atoms with van der Waals surface area (Å²) in [7, 11) is 0. The van der Waals surface area contributed by atoms with Gasteiger partial charge in [0.1, 0.15) is 5.82 Å². The Hall–Kier alpha value is -1.20. The minimum absolute atomic E-state index is 0.247. The standard InChI is InChI=1S/C13H22N4O/c1-4-14-5-12-6-16-13(7-15-12)17-8-10(2)18-11(3)9-17/h6-7,10-11,14H,4-5,8-9H2,1-3H3/t10-,11+. The van der Waals surface area contributed by atoms with Gasteiger partial charge in [-0.3, -0.25) is 4.98 Å². The van der Waals surface area contributed by atoms with Gasteiger partial charge in [-0.05, 0) is 20.4 Å². The Morgan fingerprint density at radius 2 is 2.00 bits per heavy atom. The molecule has 1 N–H and O–H groups in total. The molecule has 1 saturated heterocycles. The Bertz CT molecular complexity index is 358. The molecule has 1 aromatic rings. The summed E-state index contributed by atoms with van der Waals surface area (Å²) in [5.41, 5.74) is 0.981. The Kier molecular flexibility index (Phi) is 4.49. The van der Waals surface area contributed by atoms with Crippen molar-refractivity contribution in [2.24, 2.45) is 0 Å². The highest BCUT2D eigenvalue weighted by Gasteiger charge is 2.23. The number of morpholine rings is 1. The summed E-state index contributed by atoms with van der Waals surface area (Å²) in [6.07, 6.45) is 4.20. The molecule has 1 fully saturated rings. The van der Waals surface area contributed by atoms with Crippen molar-refractivity contribution in [3.8, 4) is 0 Å². The predicted molar refractivity (Wildman–Crippen MR) is 71.6 cm³/mol. The lowest BCUT2D eigenvalue weighted by atomic mass is 10.2. The van der Waals surface area contributed by atoms with Crippen LogP contribution in [0.1, 0.15) is 26.5 Å². The van der Waals surface area contributed by atoms with Crippen LogP contribution in [0.4, 0.5) is 5.82 Å². The Labute approximate surface area is 109 Å². The summed E-state index contributed by atoms with van der Waals surface area (Å²) in [5, 5.41) is 3.24. The van der Waals surface area contributed by atoms with Crippen LogP contribution >= 0.6 is 0 Å². The number of hydrogen-bond acceptors (Lipinski definition) is 5. The largest absolute Gasteiger partial charge is 0.372 e. The van der Waals surface area contributed by atoms with Gasteiger partial charge < -0.3 is 15.0 Å². The molecule has 5 heteroatoms. The first-order chi connectivity index (χ1) is 8.69. The lowest BCUT2D eigenvalue weighted by Crippen LogP contribution is -2.45. The van der Waals surface area contributed by atoms with Crippen LogP contribution in [0, 0.1) is 0 Å². The van der Waals surface area contributed by atoms with Crippen LogP contribution in [0.3, 0.4) is 0 Å². The molecule has 0 unspecified atom stereocenters. The van der Waals surface area contributed by atoms with E-state index in [1.807, 2.05) is 12.4 Å². The maximum Gasteiger partial charge on any atom is 0.147 e. The third-order valence-corrected chi connectivity index (χ3v) is 2.99. The van der Waals surface area contributed by atoms with Crippen LogP contribution < -0.4 is 10.2 Å². The minimum Gasteiger partial charge on any atom is -0.372 e. The normalized spacial score (nSPS) is 24.3. The lowest BCUT2D eigenvalue weighted by Gasteiger charge is -2.35. The zero-order valence-corrected chi connectivity index (χ0v) is 11.4. The van der Waals surface area contributed by atoms with Crippen molar-refractivity contribution in [2.75, 3.05) is 24.5 Å². The monoisotopic (exact) mass is 250 g/mol. The van der Waals surface area contributed by atoms with E-state index in [9.17, 15) is 0 Å². The van der Waals surface area contributed by atoms with Gasteiger partial charge in [-0.25, -0.2) is 4.98 Å². The predicted octanol–water partition coefficient (Wildman–Crippen LogP) is 1.20. The average Bonchev–Trinajstić information content (AvgIpc) is 2.36. The zero-order valence-electron chi connectivity index (χ0n) is 11.4. The van der Waals surface area contributed by atoms with E-state index in [-0.39, 0.29) is 12.2 Å². The van der Waals surface area contributed by atoms with Crippen LogP contribution in [0.25, 0.3) is 0 Å². The number of nitrogens with zero attached hydrogens (tertiary/aromatic N) is 3.